The van der Waals surface area contributed by atoms with E-state index in [0.29, 0.717) is 12.0 Å². The lowest BCUT2D eigenvalue weighted by atomic mass is 10.0. The Bertz CT molecular complexity index is 548. The summed E-state index contributed by atoms with van der Waals surface area (Å²) in [6.45, 7) is 0. The van der Waals surface area contributed by atoms with Gasteiger partial charge in [-0.3, -0.25) is 0 Å². The van der Waals surface area contributed by atoms with Gasteiger partial charge in [-0.1, -0.05) is 12.1 Å². The number of halogens is 4. The lowest BCUT2D eigenvalue weighted by molar-refractivity contribution is -0.137. The van der Waals surface area contributed by atoms with Gasteiger partial charge in [0.05, 0.1) is 5.56 Å². The fourth-order valence-corrected chi connectivity index (χ4v) is 3.23. The molecular formula is C13H11BrF3NS. The highest BCUT2D eigenvalue weighted by molar-refractivity contribution is 9.10. The predicted octanol–water partition coefficient (Wildman–Crippen LogP) is 4.77. The van der Waals surface area contributed by atoms with Gasteiger partial charge in [-0.05, 0) is 39.7 Å². The second-order valence-electron chi connectivity index (χ2n) is 4.16. The summed E-state index contributed by atoms with van der Waals surface area (Å²) in [7, 11) is 0. The maximum absolute atomic E-state index is 12.4. The van der Waals surface area contributed by atoms with Crippen LogP contribution in [0.3, 0.4) is 0 Å². The van der Waals surface area contributed by atoms with E-state index < -0.39 is 11.7 Å². The van der Waals surface area contributed by atoms with E-state index in [-0.39, 0.29) is 6.04 Å². The van der Waals surface area contributed by atoms with Gasteiger partial charge in [0.2, 0.25) is 0 Å². The van der Waals surface area contributed by atoms with E-state index in [1.165, 1.54) is 12.1 Å². The van der Waals surface area contributed by atoms with Gasteiger partial charge in [0.15, 0.2) is 0 Å². The molecule has 102 valence electrons. The first kappa shape index (κ1) is 14.6. The van der Waals surface area contributed by atoms with Crippen LogP contribution in [0.25, 0.3) is 0 Å². The minimum Gasteiger partial charge on any atom is -0.324 e. The van der Waals surface area contributed by atoms with Gasteiger partial charge in [0.1, 0.15) is 0 Å². The van der Waals surface area contributed by atoms with Gasteiger partial charge in [-0.25, -0.2) is 0 Å². The highest BCUT2D eigenvalue weighted by Gasteiger charge is 2.30. The average Bonchev–Trinajstić information content (AvgIpc) is 2.74. The van der Waals surface area contributed by atoms with Gasteiger partial charge in [0.25, 0.3) is 0 Å². The first-order valence-electron chi connectivity index (χ1n) is 5.52. The zero-order valence-corrected chi connectivity index (χ0v) is 12.1. The van der Waals surface area contributed by atoms with Gasteiger partial charge in [-0.15, -0.1) is 11.3 Å². The summed E-state index contributed by atoms with van der Waals surface area (Å²) in [5.41, 5.74) is 6.06. The molecule has 0 spiro atoms. The van der Waals surface area contributed by atoms with Crippen molar-refractivity contribution in [2.75, 3.05) is 0 Å². The van der Waals surface area contributed by atoms with E-state index in [4.69, 9.17) is 5.73 Å². The van der Waals surface area contributed by atoms with Crippen molar-refractivity contribution >= 4 is 27.3 Å². The normalized spacial score (nSPS) is 13.5. The van der Waals surface area contributed by atoms with Crippen molar-refractivity contribution in [3.8, 4) is 0 Å². The van der Waals surface area contributed by atoms with Crippen LogP contribution in [0.2, 0.25) is 0 Å². The van der Waals surface area contributed by atoms with E-state index in [0.717, 1.165) is 21.5 Å². The van der Waals surface area contributed by atoms with E-state index in [2.05, 4.69) is 15.9 Å². The van der Waals surface area contributed by atoms with E-state index >= 15 is 0 Å². The first-order chi connectivity index (χ1) is 8.86. The Morgan fingerprint density at radius 1 is 1.21 bits per heavy atom. The van der Waals surface area contributed by atoms with Crippen molar-refractivity contribution < 1.29 is 13.2 Å². The lowest BCUT2D eigenvalue weighted by Gasteiger charge is -2.12. The van der Waals surface area contributed by atoms with Gasteiger partial charge >= 0.3 is 6.18 Å². The number of hydrogen-bond acceptors (Lipinski definition) is 2. The maximum Gasteiger partial charge on any atom is 0.416 e. The highest BCUT2D eigenvalue weighted by Crippen LogP contribution is 2.30. The summed E-state index contributed by atoms with van der Waals surface area (Å²) in [6, 6.07) is 6.69. The van der Waals surface area contributed by atoms with Crippen LogP contribution in [-0.2, 0) is 12.6 Å². The molecule has 2 aromatic rings. The third-order valence-electron chi connectivity index (χ3n) is 2.71. The fraction of sp³-hybridized carbons (Fsp3) is 0.231. The van der Waals surface area contributed by atoms with E-state index in [1.807, 2.05) is 11.4 Å². The van der Waals surface area contributed by atoms with Crippen LogP contribution in [0.15, 0.2) is 40.2 Å². The molecule has 2 rings (SSSR count). The Labute approximate surface area is 121 Å². The molecule has 19 heavy (non-hydrogen) atoms. The third-order valence-corrected chi connectivity index (χ3v) is 4.43. The van der Waals surface area contributed by atoms with Crippen molar-refractivity contribution in [1.82, 2.24) is 0 Å². The molecule has 0 aliphatic rings. The minimum absolute atomic E-state index is 0.298. The van der Waals surface area contributed by atoms with Crippen LogP contribution in [0.1, 0.15) is 22.0 Å². The molecule has 1 aromatic heterocycles. The predicted molar refractivity (Wildman–Crippen MR) is 74.1 cm³/mol. The first-order valence-corrected chi connectivity index (χ1v) is 7.19. The molecule has 0 saturated carbocycles. The molecule has 0 aliphatic carbocycles. The fourth-order valence-electron chi connectivity index (χ4n) is 1.71. The Balaban J connectivity index is 2.09. The summed E-state index contributed by atoms with van der Waals surface area (Å²) >= 11 is 4.93. The number of thiophene rings is 1. The zero-order valence-electron chi connectivity index (χ0n) is 9.75. The monoisotopic (exact) mass is 349 g/mol. The molecule has 0 saturated heterocycles. The molecule has 1 unspecified atom stereocenters. The van der Waals surface area contributed by atoms with Crippen LogP contribution in [0.5, 0.6) is 0 Å². The SMILES string of the molecule is NC(Cc1cc(Br)cs1)c1ccc(C(F)(F)F)cc1. The van der Waals surface area contributed by atoms with Crippen molar-refractivity contribution in [2.24, 2.45) is 5.73 Å². The number of rotatable bonds is 3. The van der Waals surface area contributed by atoms with Crippen LogP contribution in [0, 0.1) is 0 Å². The summed E-state index contributed by atoms with van der Waals surface area (Å²) < 4.78 is 38.3. The zero-order chi connectivity index (χ0) is 14.0. The smallest absolute Gasteiger partial charge is 0.324 e. The lowest BCUT2D eigenvalue weighted by Crippen LogP contribution is -2.13. The Morgan fingerprint density at radius 2 is 1.84 bits per heavy atom. The van der Waals surface area contributed by atoms with Crippen molar-refractivity contribution in [2.45, 2.75) is 18.6 Å². The molecule has 1 aromatic carbocycles. The summed E-state index contributed by atoms with van der Waals surface area (Å²) in [5, 5.41) is 1.95. The number of alkyl halides is 3. The molecule has 6 heteroatoms. The topological polar surface area (TPSA) is 26.0 Å². The Kier molecular flexibility index (Phi) is 4.32. The molecule has 0 fully saturated rings. The summed E-state index contributed by atoms with van der Waals surface area (Å²) in [4.78, 5) is 1.10. The average molecular weight is 350 g/mol. The Morgan fingerprint density at radius 3 is 2.32 bits per heavy atom. The molecule has 0 amide bonds. The van der Waals surface area contributed by atoms with Gasteiger partial charge in [-0.2, -0.15) is 13.2 Å². The second kappa shape index (κ2) is 5.64. The van der Waals surface area contributed by atoms with E-state index in [1.54, 1.807) is 11.3 Å². The molecule has 2 N–H and O–H groups in total. The van der Waals surface area contributed by atoms with Crippen molar-refractivity contribution in [1.29, 1.82) is 0 Å². The summed E-state index contributed by atoms with van der Waals surface area (Å²) in [5.74, 6) is 0. The summed E-state index contributed by atoms with van der Waals surface area (Å²) in [6.07, 6.45) is -3.69. The molecule has 0 bridgehead atoms. The molecule has 0 radical (unpaired) electrons. The third kappa shape index (κ3) is 3.81. The quantitative estimate of drug-likeness (QED) is 0.848. The number of benzene rings is 1. The van der Waals surface area contributed by atoms with Crippen LogP contribution in [0.4, 0.5) is 13.2 Å². The second-order valence-corrected chi connectivity index (χ2v) is 6.07. The molecule has 1 atom stereocenters. The van der Waals surface area contributed by atoms with E-state index in [9.17, 15) is 13.2 Å². The molecule has 1 heterocycles. The van der Waals surface area contributed by atoms with Crippen LogP contribution in [-0.4, -0.2) is 0 Å². The van der Waals surface area contributed by atoms with Crippen LogP contribution < -0.4 is 5.73 Å². The number of hydrogen-bond donors (Lipinski definition) is 1. The van der Waals surface area contributed by atoms with Gasteiger partial charge < -0.3 is 5.73 Å². The van der Waals surface area contributed by atoms with Crippen LogP contribution >= 0.6 is 27.3 Å². The largest absolute Gasteiger partial charge is 0.416 e. The molecule has 0 aliphatic heterocycles. The minimum atomic E-state index is -4.30. The standard InChI is InChI=1S/C13H11BrF3NS/c14-10-5-11(19-7-10)6-12(18)8-1-3-9(4-2-8)13(15,16)17/h1-5,7,12H,6,18H2. The maximum atomic E-state index is 12.4. The van der Waals surface area contributed by atoms with Crippen molar-refractivity contribution in [3.63, 3.8) is 0 Å². The Hall–Kier alpha value is -0.850. The van der Waals surface area contributed by atoms with Crippen molar-refractivity contribution in [3.05, 3.63) is 56.2 Å². The van der Waals surface area contributed by atoms with Gasteiger partial charge in [0, 0.05) is 27.2 Å². The highest BCUT2D eigenvalue weighted by atomic mass is 79.9. The number of nitrogens with two attached hydrogens (primary N) is 1. The molecule has 1 nitrogen and oxygen atoms in total. The molecular weight excluding hydrogens is 339 g/mol.